The molecule has 2 N–H and O–H groups in total. The maximum atomic E-state index is 6.41. The van der Waals surface area contributed by atoms with Gasteiger partial charge in [-0.1, -0.05) is 42.5 Å². The van der Waals surface area contributed by atoms with E-state index in [9.17, 15) is 0 Å². The summed E-state index contributed by atoms with van der Waals surface area (Å²) in [6, 6.07) is 21.3. The summed E-state index contributed by atoms with van der Waals surface area (Å²) in [5, 5.41) is 4.31. The molecule has 4 heteroatoms. The van der Waals surface area contributed by atoms with Gasteiger partial charge in [0.2, 0.25) is 0 Å². The SMILES string of the molecule is N[C@@H]1CN(Cc2cccc(-n3cccn3)c2)C[C@H]1c1ccccc1. The molecule has 1 aromatic heterocycles. The first kappa shape index (κ1) is 15.1. The Kier molecular flexibility index (Phi) is 4.15. The Labute approximate surface area is 142 Å². The lowest BCUT2D eigenvalue weighted by Crippen LogP contribution is -2.28. The Morgan fingerprint density at radius 3 is 2.67 bits per heavy atom. The van der Waals surface area contributed by atoms with Crippen LogP contribution in [0.25, 0.3) is 5.69 Å². The largest absolute Gasteiger partial charge is 0.326 e. The molecule has 4 rings (SSSR count). The van der Waals surface area contributed by atoms with Gasteiger partial charge in [0.25, 0.3) is 0 Å². The summed E-state index contributed by atoms with van der Waals surface area (Å²) in [4.78, 5) is 2.45. The van der Waals surface area contributed by atoms with Crippen LogP contribution < -0.4 is 5.73 Å². The fourth-order valence-corrected chi connectivity index (χ4v) is 3.57. The highest BCUT2D eigenvalue weighted by molar-refractivity contribution is 5.35. The highest BCUT2D eigenvalue weighted by atomic mass is 15.3. The lowest BCUT2D eigenvalue weighted by atomic mass is 9.95. The van der Waals surface area contributed by atoms with Gasteiger partial charge in [0.1, 0.15) is 0 Å². The smallest absolute Gasteiger partial charge is 0.0648 e. The highest BCUT2D eigenvalue weighted by Crippen LogP contribution is 2.27. The minimum absolute atomic E-state index is 0.196. The van der Waals surface area contributed by atoms with E-state index in [0.29, 0.717) is 5.92 Å². The summed E-state index contributed by atoms with van der Waals surface area (Å²) < 4.78 is 1.89. The zero-order valence-corrected chi connectivity index (χ0v) is 13.6. The third kappa shape index (κ3) is 3.11. The van der Waals surface area contributed by atoms with Crippen LogP contribution in [0, 0.1) is 0 Å². The molecule has 1 fully saturated rings. The van der Waals surface area contributed by atoms with Crippen molar-refractivity contribution in [3.63, 3.8) is 0 Å². The molecule has 24 heavy (non-hydrogen) atoms. The average molecular weight is 318 g/mol. The molecule has 0 saturated carbocycles. The second-order valence-corrected chi connectivity index (χ2v) is 6.50. The monoisotopic (exact) mass is 318 g/mol. The first-order valence-corrected chi connectivity index (χ1v) is 8.41. The molecule has 2 atom stereocenters. The lowest BCUT2D eigenvalue weighted by Gasteiger charge is -2.16. The van der Waals surface area contributed by atoms with E-state index in [-0.39, 0.29) is 6.04 Å². The molecular formula is C20H22N4. The molecule has 3 aromatic rings. The van der Waals surface area contributed by atoms with Crippen molar-refractivity contribution in [1.29, 1.82) is 0 Å². The summed E-state index contributed by atoms with van der Waals surface area (Å²) in [5.74, 6) is 0.417. The van der Waals surface area contributed by atoms with Gasteiger partial charge in [0.15, 0.2) is 0 Å². The summed E-state index contributed by atoms with van der Waals surface area (Å²) in [5.41, 5.74) is 10.1. The van der Waals surface area contributed by atoms with Gasteiger partial charge < -0.3 is 5.73 Å². The molecule has 2 aromatic carbocycles. The predicted molar refractivity (Wildman–Crippen MR) is 96.0 cm³/mol. The minimum Gasteiger partial charge on any atom is -0.326 e. The molecule has 4 nitrogen and oxygen atoms in total. The van der Waals surface area contributed by atoms with Gasteiger partial charge >= 0.3 is 0 Å². The Hall–Kier alpha value is -2.43. The van der Waals surface area contributed by atoms with Crippen molar-refractivity contribution in [2.45, 2.75) is 18.5 Å². The molecule has 0 amide bonds. The molecular weight excluding hydrogens is 296 g/mol. The average Bonchev–Trinajstić information content (AvgIpc) is 3.26. The van der Waals surface area contributed by atoms with Gasteiger partial charge in [-0.05, 0) is 29.3 Å². The molecule has 0 bridgehead atoms. The quantitative estimate of drug-likeness (QED) is 0.804. The van der Waals surface area contributed by atoms with Gasteiger partial charge in [0.05, 0.1) is 5.69 Å². The molecule has 1 saturated heterocycles. The third-order valence-electron chi connectivity index (χ3n) is 4.75. The van der Waals surface area contributed by atoms with Gasteiger partial charge in [0, 0.05) is 44.0 Å². The molecule has 1 aliphatic rings. The molecule has 1 aliphatic heterocycles. The van der Waals surface area contributed by atoms with Crippen molar-refractivity contribution in [3.8, 4) is 5.69 Å². The zero-order valence-electron chi connectivity index (χ0n) is 13.6. The van der Waals surface area contributed by atoms with Crippen LogP contribution in [-0.2, 0) is 6.54 Å². The van der Waals surface area contributed by atoms with Crippen molar-refractivity contribution >= 4 is 0 Å². The second kappa shape index (κ2) is 6.59. The number of hydrogen-bond donors (Lipinski definition) is 1. The van der Waals surface area contributed by atoms with E-state index in [4.69, 9.17) is 5.73 Å². The topological polar surface area (TPSA) is 47.1 Å². The number of benzene rings is 2. The van der Waals surface area contributed by atoms with Crippen LogP contribution >= 0.6 is 0 Å². The van der Waals surface area contributed by atoms with Crippen LogP contribution in [-0.4, -0.2) is 33.8 Å². The zero-order chi connectivity index (χ0) is 16.4. The standard InChI is InChI=1S/C20H22N4/c21-20-15-23(14-19(20)17-7-2-1-3-8-17)13-16-6-4-9-18(12-16)24-11-5-10-22-24/h1-12,19-20H,13-15,21H2/t19-,20+/m0/s1. The van der Waals surface area contributed by atoms with Crippen LogP contribution in [0.2, 0.25) is 0 Å². The van der Waals surface area contributed by atoms with Crippen molar-refractivity contribution in [2.75, 3.05) is 13.1 Å². The predicted octanol–water partition coefficient (Wildman–Crippen LogP) is 2.80. The molecule has 2 heterocycles. The summed E-state index contributed by atoms with van der Waals surface area (Å²) in [6.45, 7) is 2.87. The van der Waals surface area contributed by atoms with Gasteiger partial charge in [-0.25, -0.2) is 4.68 Å². The summed E-state index contributed by atoms with van der Waals surface area (Å²) in [7, 11) is 0. The van der Waals surface area contributed by atoms with E-state index in [1.807, 2.05) is 16.9 Å². The number of aromatic nitrogens is 2. The normalized spacial score (nSPS) is 21.2. The molecule has 122 valence electrons. The van der Waals surface area contributed by atoms with Gasteiger partial charge in [-0.3, -0.25) is 4.90 Å². The van der Waals surface area contributed by atoms with Crippen molar-refractivity contribution in [3.05, 3.63) is 84.2 Å². The minimum atomic E-state index is 0.196. The number of nitrogens with two attached hydrogens (primary N) is 1. The van der Waals surface area contributed by atoms with Crippen LogP contribution in [0.4, 0.5) is 0 Å². The molecule has 0 radical (unpaired) electrons. The van der Waals surface area contributed by atoms with Crippen molar-refractivity contribution in [1.82, 2.24) is 14.7 Å². The van der Waals surface area contributed by atoms with Crippen molar-refractivity contribution in [2.24, 2.45) is 5.73 Å². The Morgan fingerprint density at radius 1 is 1.00 bits per heavy atom. The van der Waals surface area contributed by atoms with E-state index in [2.05, 4.69) is 64.6 Å². The molecule has 0 unspecified atom stereocenters. The Bertz CT molecular complexity index is 782. The van der Waals surface area contributed by atoms with Crippen molar-refractivity contribution < 1.29 is 0 Å². The first-order valence-electron chi connectivity index (χ1n) is 8.41. The van der Waals surface area contributed by atoms with E-state index in [1.54, 1.807) is 6.20 Å². The van der Waals surface area contributed by atoms with Gasteiger partial charge in [-0.2, -0.15) is 5.10 Å². The molecule has 0 spiro atoms. The Balaban J connectivity index is 1.48. The van der Waals surface area contributed by atoms with E-state index >= 15 is 0 Å². The second-order valence-electron chi connectivity index (χ2n) is 6.50. The third-order valence-corrected chi connectivity index (χ3v) is 4.75. The fraction of sp³-hybridized carbons (Fsp3) is 0.250. The van der Waals surface area contributed by atoms with E-state index in [0.717, 1.165) is 25.3 Å². The van der Waals surface area contributed by atoms with Crippen LogP contribution in [0.5, 0.6) is 0 Å². The Morgan fingerprint density at radius 2 is 1.88 bits per heavy atom. The maximum Gasteiger partial charge on any atom is 0.0648 e. The van der Waals surface area contributed by atoms with E-state index in [1.165, 1.54) is 11.1 Å². The summed E-state index contributed by atoms with van der Waals surface area (Å²) in [6.07, 6.45) is 3.77. The maximum absolute atomic E-state index is 6.41. The van der Waals surface area contributed by atoms with Crippen LogP contribution in [0.1, 0.15) is 17.0 Å². The first-order chi connectivity index (χ1) is 11.8. The highest BCUT2D eigenvalue weighted by Gasteiger charge is 2.30. The van der Waals surface area contributed by atoms with Crippen LogP contribution in [0.3, 0.4) is 0 Å². The summed E-state index contributed by atoms with van der Waals surface area (Å²) >= 11 is 0. The lowest BCUT2D eigenvalue weighted by molar-refractivity contribution is 0.324. The number of hydrogen-bond acceptors (Lipinski definition) is 3. The van der Waals surface area contributed by atoms with Crippen LogP contribution in [0.15, 0.2) is 73.1 Å². The fourth-order valence-electron chi connectivity index (χ4n) is 3.57. The van der Waals surface area contributed by atoms with Gasteiger partial charge in [-0.15, -0.1) is 0 Å². The number of nitrogens with zero attached hydrogens (tertiary/aromatic N) is 3. The number of rotatable bonds is 4. The molecule has 0 aliphatic carbocycles. The van der Waals surface area contributed by atoms with E-state index < -0.39 is 0 Å². The number of likely N-dealkylation sites (tertiary alicyclic amines) is 1.